The number of carboxylic acids is 1. The quantitative estimate of drug-likeness (QED) is 0.794. The Balaban J connectivity index is 2.37. The number of carbonyl (C=O) groups is 2. The van der Waals surface area contributed by atoms with Gasteiger partial charge in [0.05, 0.1) is 6.10 Å². The second kappa shape index (κ2) is 3.84. The van der Waals surface area contributed by atoms with Crippen molar-refractivity contribution in [2.24, 2.45) is 5.73 Å². The molecule has 0 saturated heterocycles. The van der Waals surface area contributed by atoms with Crippen molar-refractivity contribution >= 4 is 11.9 Å². The first kappa shape index (κ1) is 10.5. The standard InChI is InChI=1S/C11H11NO4/c12-10(13)6-1-4-8(11(14)15)9(5-6)16-7-2-3-7/h1,4-5,7H,2-3H2,(H2,12,13)(H,14,15). The van der Waals surface area contributed by atoms with E-state index >= 15 is 0 Å². The number of aromatic carboxylic acids is 1. The Kier molecular flexibility index (Phi) is 2.52. The summed E-state index contributed by atoms with van der Waals surface area (Å²) in [6, 6.07) is 4.09. The maximum Gasteiger partial charge on any atom is 0.339 e. The van der Waals surface area contributed by atoms with E-state index in [1.807, 2.05) is 0 Å². The van der Waals surface area contributed by atoms with Gasteiger partial charge in [0.15, 0.2) is 0 Å². The summed E-state index contributed by atoms with van der Waals surface area (Å²) in [6.07, 6.45) is 1.90. The van der Waals surface area contributed by atoms with Crippen LogP contribution < -0.4 is 10.5 Å². The van der Waals surface area contributed by atoms with Crippen LogP contribution in [0.1, 0.15) is 33.6 Å². The average molecular weight is 221 g/mol. The lowest BCUT2D eigenvalue weighted by Gasteiger charge is -2.08. The minimum absolute atomic E-state index is 0.0527. The summed E-state index contributed by atoms with van der Waals surface area (Å²) in [4.78, 5) is 21.9. The third kappa shape index (κ3) is 2.13. The largest absolute Gasteiger partial charge is 0.490 e. The van der Waals surface area contributed by atoms with Crippen molar-refractivity contribution in [1.29, 1.82) is 0 Å². The molecule has 0 unspecified atom stereocenters. The van der Waals surface area contributed by atoms with Crippen LogP contribution in [-0.4, -0.2) is 23.1 Å². The van der Waals surface area contributed by atoms with Crippen molar-refractivity contribution in [1.82, 2.24) is 0 Å². The number of carboxylic acid groups (broad SMARTS) is 1. The molecule has 5 nitrogen and oxygen atoms in total. The highest BCUT2D eigenvalue weighted by Gasteiger charge is 2.26. The van der Waals surface area contributed by atoms with Gasteiger partial charge in [-0.3, -0.25) is 4.79 Å². The Morgan fingerprint density at radius 2 is 2.06 bits per heavy atom. The molecule has 2 rings (SSSR count). The molecular formula is C11H11NO4. The van der Waals surface area contributed by atoms with Gasteiger partial charge in [0.1, 0.15) is 11.3 Å². The van der Waals surface area contributed by atoms with E-state index in [0.29, 0.717) is 0 Å². The zero-order valence-corrected chi connectivity index (χ0v) is 8.47. The van der Waals surface area contributed by atoms with Crippen LogP contribution in [0, 0.1) is 0 Å². The highest BCUT2D eigenvalue weighted by molar-refractivity contribution is 5.96. The second-order valence-electron chi connectivity index (χ2n) is 3.70. The lowest BCUT2D eigenvalue weighted by atomic mass is 10.1. The topological polar surface area (TPSA) is 89.6 Å². The Hall–Kier alpha value is -2.04. The van der Waals surface area contributed by atoms with Gasteiger partial charge in [-0.1, -0.05) is 0 Å². The monoisotopic (exact) mass is 221 g/mol. The highest BCUT2D eigenvalue weighted by Crippen LogP contribution is 2.29. The molecule has 0 atom stereocenters. The number of rotatable bonds is 4. The summed E-state index contributed by atoms with van der Waals surface area (Å²) in [7, 11) is 0. The molecule has 1 aromatic rings. The molecule has 1 aliphatic carbocycles. The fraction of sp³-hybridized carbons (Fsp3) is 0.273. The normalized spacial score (nSPS) is 14.5. The molecule has 1 amide bonds. The zero-order chi connectivity index (χ0) is 11.7. The minimum Gasteiger partial charge on any atom is -0.490 e. The van der Waals surface area contributed by atoms with E-state index in [-0.39, 0.29) is 23.0 Å². The van der Waals surface area contributed by atoms with E-state index in [9.17, 15) is 9.59 Å². The summed E-state index contributed by atoms with van der Waals surface area (Å²) in [5.41, 5.74) is 5.42. The van der Waals surface area contributed by atoms with Crippen LogP contribution in [0.2, 0.25) is 0 Å². The smallest absolute Gasteiger partial charge is 0.339 e. The molecule has 16 heavy (non-hydrogen) atoms. The van der Waals surface area contributed by atoms with E-state index in [1.54, 1.807) is 0 Å². The van der Waals surface area contributed by atoms with Crippen molar-refractivity contribution in [3.8, 4) is 5.75 Å². The molecule has 3 N–H and O–H groups in total. The van der Waals surface area contributed by atoms with Crippen molar-refractivity contribution in [2.75, 3.05) is 0 Å². The van der Waals surface area contributed by atoms with Crippen LogP contribution in [0.4, 0.5) is 0 Å². The zero-order valence-electron chi connectivity index (χ0n) is 8.47. The number of benzene rings is 1. The van der Waals surface area contributed by atoms with Crippen LogP contribution in [0.5, 0.6) is 5.75 Å². The number of hydrogen-bond donors (Lipinski definition) is 2. The fourth-order valence-electron chi connectivity index (χ4n) is 1.32. The molecular weight excluding hydrogens is 210 g/mol. The van der Waals surface area contributed by atoms with E-state index in [1.165, 1.54) is 18.2 Å². The first-order valence-corrected chi connectivity index (χ1v) is 4.91. The SMILES string of the molecule is NC(=O)c1ccc(C(=O)O)c(OC2CC2)c1. The van der Waals surface area contributed by atoms with Crippen molar-refractivity contribution < 1.29 is 19.4 Å². The molecule has 1 aliphatic rings. The number of nitrogens with two attached hydrogens (primary N) is 1. The first-order chi connectivity index (χ1) is 7.58. The summed E-state index contributed by atoms with van der Waals surface area (Å²) in [5.74, 6) is -1.46. The average Bonchev–Trinajstić information content (AvgIpc) is 3.01. The highest BCUT2D eigenvalue weighted by atomic mass is 16.5. The number of carbonyl (C=O) groups excluding carboxylic acids is 1. The van der Waals surface area contributed by atoms with Gasteiger partial charge >= 0.3 is 5.97 Å². The summed E-state index contributed by atoms with van der Waals surface area (Å²) >= 11 is 0. The van der Waals surface area contributed by atoms with E-state index in [2.05, 4.69) is 0 Å². The van der Waals surface area contributed by atoms with Gasteiger partial charge < -0.3 is 15.6 Å². The van der Waals surface area contributed by atoms with Gasteiger partial charge in [0.2, 0.25) is 5.91 Å². The molecule has 1 saturated carbocycles. The summed E-state index contributed by atoms with van der Waals surface area (Å²) in [6.45, 7) is 0. The Morgan fingerprint density at radius 1 is 1.38 bits per heavy atom. The van der Waals surface area contributed by atoms with Crippen LogP contribution in [-0.2, 0) is 0 Å². The van der Waals surface area contributed by atoms with Crippen LogP contribution >= 0.6 is 0 Å². The molecule has 5 heteroatoms. The van der Waals surface area contributed by atoms with Crippen LogP contribution in [0.3, 0.4) is 0 Å². The Labute approximate surface area is 91.8 Å². The predicted molar refractivity (Wildman–Crippen MR) is 55.6 cm³/mol. The Morgan fingerprint density at radius 3 is 2.56 bits per heavy atom. The summed E-state index contributed by atoms with van der Waals surface area (Å²) < 4.78 is 5.42. The Bertz CT molecular complexity index is 451. The van der Waals surface area contributed by atoms with Gasteiger partial charge in [0, 0.05) is 5.56 Å². The molecule has 0 heterocycles. The lowest BCUT2D eigenvalue weighted by Crippen LogP contribution is -2.12. The fourth-order valence-corrected chi connectivity index (χ4v) is 1.32. The van der Waals surface area contributed by atoms with Gasteiger partial charge in [0.25, 0.3) is 0 Å². The third-order valence-electron chi connectivity index (χ3n) is 2.31. The van der Waals surface area contributed by atoms with Gasteiger partial charge in [-0.25, -0.2) is 4.79 Å². The maximum atomic E-state index is 11.0. The van der Waals surface area contributed by atoms with Crippen molar-refractivity contribution in [2.45, 2.75) is 18.9 Å². The number of primary amides is 1. The molecule has 0 bridgehead atoms. The molecule has 0 aromatic heterocycles. The molecule has 1 fully saturated rings. The molecule has 0 aliphatic heterocycles. The second-order valence-corrected chi connectivity index (χ2v) is 3.70. The van der Waals surface area contributed by atoms with Crippen LogP contribution in [0.25, 0.3) is 0 Å². The number of hydrogen-bond acceptors (Lipinski definition) is 3. The van der Waals surface area contributed by atoms with Gasteiger partial charge in [-0.05, 0) is 31.0 Å². The molecule has 1 aromatic carbocycles. The van der Waals surface area contributed by atoms with E-state index < -0.39 is 11.9 Å². The third-order valence-corrected chi connectivity index (χ3v) is 2.31. The summed E-state index contributed by atoms with van der Waals surface area (Å²) in [5, 5.41) is 8.93. The number of amides is 1. The predicted octanol–water partition coefficient (Wildman–Crippen LogP) is 1.02. The number of ether oxygens (including phenoxy) is 1. The van der Waals surface area contributed by atoms with E-state index in [4.69, 9.17) is 15.6 Å². The minimum atomic E-state index is -1.08. The molecule has 0 radical (unpaired) electrons. The van der Waals surface area contributed by atoms with Crippen LogP contribution in [0.15, 0.2) is 18.2 Å². The first-order valence-electron chi connectivity index (χ1n) is 4.91. The maximum absolute atomic E-state index is 11.0. The van der Waals surface area contributed by atoms with Crippen molar-refractivity contribution in [3.63, 3.8) is 0 Å². The van der Waals surface area contributed by atoms with Gasteiger partial charge in [-0.15, -0.1) is 0 Å². The van der Waals surface area contributed by atoms with Crippen molar-refractivity contribution in [3.05, 3.63) is 29.3 Å². The van der Waals surface area contributed by atoms with Gasteiger partial charge in [-0.2, -0.15) is 0 Å². The van der Waals surface area contributed by atoms with E-state index in [0.717, 1.165) is 12.8 Å². The molecule has 84 valence electrons. The lowest BCUT2D eigenvalue weighted by molar-refractivity contribution is 0.0691. The molecule has 0 spiro atoms.